The Bertz CT molecular complexity index is 998. The summed E-state index contributed by atoms with van der Waals surface area (Å²) in [7, 11) is 1.55. The van der Waals surface area contributed by atoms with Gasteiger partial charge in [0.15, 0.2) is 0 Å². The van der Waals surface area contributed by atoms with Crippen LogP contribution in [0.5, 0.6) is 0 Å². The van der Waals surface area contributed by atoms with Gasteiger partial charge in [-0.1, -0.05) is 53.5 Å². The first-order valence-electron chi connectivity index (χ1n) is 8.17. The molecule has 138 valence electrons. The van der Waals surface area contributed by atoms with Crippen molar-refractivity contribution in [2.45, 2.75) is 13.5 Å². The molecule has 0 aliphatic heterocycles. The number of Topliss-reactive ketones (excluding diaryl/α,β-unsaturated/α-hetero) is 2. The van der Waals surface area contributed by atoms with E-state index in [1.807, 2.05) is 0 Å². The van der Waals surface area contributed by atoms with E-state index in [-0.39, 0.29) is 41.0 Å². The van der Waals surface area contributed by atoms with Crippen molar-refractivity contribution in [3.05, 3.63) is 80.6 Å². The SMILES string of the molecule is CNC1=C(N(Cc2ccc(Cl)c(Cl)c2)C(C)=O)C(=O)c2ccccc2C1=O. The molecular weight excluding hydrogens is 387 g/mol. The summed E-state index contributed by atoms with van der Waals surface area (Å²) < 4.78 is 0. The number of benzene rings is 2. The van der Waals surface area contributed by atoms with Crippen LogP contribution in [0, 0.1) is 0 Å². The molecule has 0 saturated heterocycles. The molecule has 0 radical (unpaired) electrons. The highest BCUT2D eigenvalue weighted by Gasteiger charge is 2.36. The highest BCUT2D eigenvalue weighted by Crippen LogP contribution is 2.29. The fourth-order valence-corrected chi connectivity index (χ4v) is 3.34. The van der Waals surface area contributed by atoms with Crippen LogP contribution in [-0.2, 0) is 11.3 Å². The number of nitrogens with one attached hydrogen (secondary N) is 1. The number of amides is 1. The lowest BCUT2D eigenvalue weighted by Gasteiger charge is -2.29. The third-order valence-corrected chi connectivity index (χ3v) is 5.06. The molecule has 3 rings (SSSR count). The van der Waals surface area contributed by atoms with E-state index in [4.69, 9.17) is 23.2 Å². The molecule has 0 bridgehead atoms. The monoisotopic (exact) mass is 402 g/mol. The first-order valence-corrected chi connectivity index (χ1v) is 8.93. The molecule has 1 amide bonds. The highest BCUT2D eigenvalue weighted by atomic mass is 35.5. The number of halogens is 2. The summed E-state index contributed by atoms with van der Waals surface area (Å²) in [5, 5.41) is 3.52. The number of fused-ring (bicyclic) bond motifs is 1. The minimum Gasteiger partial charge on any atom is -0.383 e. The van der Waals surface area contributed by atoms with Crippen LogP contribution in [0.1, 0.15) is 33.2 Å². The minimum absolute atomic E-state index is 0.0276. The predicted octanol–water partition coefficient (Wildman–Crippen LogP) is 3.85. The second-order valence-corrected chi connectivity index (χ2v) is 6.85. The number of rotatable bonds is 4. The summed E-state index contributed by atoms with van der Waals surface area (Å²) >= 11 is 12.0. The topological polar surface area (TPSA) is 66.5 Å². The van der Waals surface area contributed by atoms with Crippen LogP contribution in [0.25, 0.3) is 0 Å². The standard InChI is InChI=1S/C20H16Cl2N2O3/c1-11(25)24(10-12-7-8-15(21)16(22)9-12)18-17(23-2)19(26)13-5-3-4-6-14(13)20(18)27/h3-9,23H,10H2,1-2H3. The van der Waals surface area contributed by atoms with Crippen LogP contribution >= 0.6 is 23.2 Å². The molecule has 0 aromatic heterocycles. The van der Waals surface area contributed by atoms with Crippen molar-refractivity contribution in [2.24, 2.45) is 0 Å². The van der Waals surface area contributed by atoms with Gasteiger partial charge in [0.1, 0.15) is 11.4 Å². The zero-order valence-corrected chi connectivity index (χ0v) is 16.2. The zero-order chi connectivity index (χ0) is 19.7. The summed E-state index contributed by atoms with van der Waals surface area (Å²) in [4.78, 5) is 39.6. The van der Waals surface area contributed by atoms with Gasteiger partial charge in [-0.15, -0.1) is 0 Å². The maximum Gasteiger partial charge on any atom is 0.224 e. The van der Waals surface area contributed by atoms with Crippen molar-refractivity contribution in [2.75, 3.05) is 7.05 Å². The van der Waals surface area contributed by atoms with E-state index in [0.29, 0.717) is 21.2 Å². The molecule has 5 nitrogen and oxygen atoms in total. The van der Waals surface area contributed by atoms with Crippen LogP contribution in [0.3, 0.4) is 0 Å². The Labute approximate surface area is 166 Å². The largest absolute Gasteiger partial charge is 0.383 e. The first kappa shape index (κ1) is 19.1. The van der Waals surface area contributed by atoms with Crippen molar-refractivity contribution in [1.82, 2.24) is 10.2 Å². The summed E-state index contributed by atoms with van der Waals surface area (Å²) in [6.45, 7) is 1.42. The molecule has 0 fully saturated rings. The quantitative estimate of drug-likeness (QED) is 0.842. The number of hydrogen-bond donors (Lipinski definition) is 1. The minimum atomic E-state index is -0.384. The molecule has 2 aromatic rings. The van der Waals surface area contributed by atoms with Gasteiger partial charge >= 0.3 is 0 Å². The van der Waals surface area contributed by atoms with Crippen LogP contribution in [0.4, 0.5) is 0 Å². The van der Waals surface area contributed by atoms with Gasteiger partial charge in [-0.3, -0.25) is 14.4 Å². The molecule has 27 heavy (non-hydrogen) atoms. The van der Waals surface area contributed by atoms with Crippen LogP contribution in [0.15, 0.2) is 53.9 Å². The molecule has 0 heterocycles. The molecule has 0 unspecified atom stereocenters. The van der Waals surface area contributed by atoms with Gasteiger partial charge in [0.25, 0.3) is 0 Å². The second-order valence-electron chi connectivity index (χ2n) is 6.03. The molecule has 0 spiro atoms. The van der Waals surface area contributed by atoms with Gasteiger partial charge in [0.2, 0.25) is 17.5 Å². The maximum atomic E-state index is 13.1. The number of nitrogens with zero attached hydrogens (tertiary/aromatic N) is 1. The summed E-state index contributed by atoms with van der Waals surface area (Å²) in [5.74, 6) is -1.09. The Morgan fingerprint density at radius 1 is 1.00 bits per heavy atom. The van der Waals surface area contributed by atoms with Crippen molar-refractivity contribution < 1.29 is 14.4 Å². The zero-order valence-electron chi connectivity index (χ0n) is 14.7. The predicted molar refractivity (Wildman–Crippen MR) is 104 cm³/mol. The molecule has 1 N–H and O–H groups in total. The lowest BCUT2D eigenvalue weighted by Crippen LogP contribution is -2.39. The van der Waals surface area contributed by atoms with Gasteiger partial charge in [0, 0.05) is 25.1 Å². The fraction of sp³-hybridized carbons (Fsp3) is 0.150. The molecular formula is C20H16Cl2N2O3. The Hall–Kier alpha value is -2.63. The Balaban J connectivity index is 2.10. The molecule has 1 aliphatic carbocycles. The molecule has 0 saturated carbocycles. The van der Waals surface area contributed by atoms with E-state index in [1.165, 1.54) is 11.8 Å². The average molecular weight is 403 g/mol. The van der Waals surface area contributed by atoms with E-state index in [0.717, 1.165) is 0 Å². The normalized spacial score (nSPS) is 13.5. The second kappa shape index (κ2) is 7.55. The number of likely N-dealkylation sites (N-methyl/N-ethyl adjacent to an activating group) is 1. The van der Waals surface area contributed by atoms with E-state index in [1.54, 1.807) is 49.5 Å². The lowest BCUT2D eigenvalue weighted by molar-refractivity contribution is -0.127. The van der Waals surface area contributed by atoms with Gasteiger partial charge in [-0.2, -0.15) is 0 Å². The van der Waals surface area contributed by atoms with E-state index in [2.05, 4.69) is 5.32 Å². The van der Waals surface area contributed by atoms with Crippen molar-refractivity contribution in [3.63, 3.8) is 0 Å². The summed E-state index contributed by atoms with van der Waals surface area (Å²) in [6, 6.07) is 11.5. The number of carbonyl (C=O) groups excluding carboxylic acids is 3. The number of carbonyl (C=O) groups is 3. The summed E-state index contributed by atoms with van der Waals surface area (Å²) in [6.07, 6.45) is 0. The highest BCUT2D eigenvalue weighted by molar-refractivity contribution is 6.42. The van der Waals surface area contributed by atoms with Crippen molar-refractivity contribution >= 4 is 40.7 Å². The molecule has 7 heteroatoms. The fourth-order valence-electron chi connectivity index (χ4n) is 3.02. The molecule has 1 aliphatic rings. The third kappa shape index (κ3) is 3.48. The average Bonchev–Trinajstić information content (AvgIpc) is 2.65. The Morgan fingerprint density at radius 3 is 2.19 bits per heavy atom. The Morgan fingerprint density at radius 2 is 1.63 bits per heavy atom. The van der Waals surface area contributed by atoms with Crippen LogP contribution < -0.4 is 5.32 Å². The maximum absolute atomic E-state index is 13.1. The van der Waals surface area contributed by atoms with Gasteiger partial charge in [-0.05, 0) is 17.7 Å². The van der Waals surface area contributed by atoms with E-state index in [9.17, 15) is 14.4 Å². The molecule has 0 atom stereocenters. The number of hydrogen-bond acceptors (Lipinski definition) is 4. The first-order chi connectivity index (χ1) is 12.8. The molecule has 2 aromatic carbocycles. The van der Waals surface area contributed by atoms with E-state index >= 15 is 0 Å². The third-order valence-electron chi connectivity index (χ3n) is 4.32. The van der Waals surface area contributed by atoms with Crippen molar-refractivity contribution in [3.8, 4) is 0 Å². The van der Waals surface area contributed by atoms with Gasteiger partial charge in [-0.25, -0.2) is 0 Å². The van der Waals surface area contributed by atoms with Gasteiger partial charge < -0.3 is 10.2 Å². The number of allylic oxidation sites excluding steroid dienone is 2. The summed E-state index contributed by atoms with van der Waals surface area (Å²) in [5.41, 5.74) is 1.39. The van der Waals surface area contributed by atoms with Crippen LogP contribution in [0.2, 0.25) is 10.0 Å². The van der Waals surface area contributed by atoms with Gasteiger partial charge in [0.05, 0.1) is 16.6 Å². The Kier molecular flexibility index (Phi) is 5.35. The van der Waals surface area contributed by atoms with Crippen LogP contribution in [-0.4, -0.2) is 29.4 Å². The number of ketones is 2. The van der Waals surface area contributed by atoms with Crippen molar-refractivity contribution in [1.29, 1.82) is 0 Å². The lowest BCUT2D eigenvalue weighted by atomic mass is 9.89. The smallest absolute Gasteiger partial charge is 0.224 e. The van der Waals surface area contributed by atoms with E-state index < -0.39 is 0 Å².